The van der Waals surface area contributed by atoms with Crippen molar-refractivity contribution in [2.45, 2.75) is 10.1 Å². The Bertz CT molecular complexity index is 880. The van der Waals surface area contributed by atoms with Crippen LogP contribution < -0.4 is 10.6 Å². The molecular weight excluding hydrogens is 332 g/mol. The summed E-state index contributed by atoms with van der Waals surface area (Å²) in [4.78, 5) is 36.7. The second-order valence-corrected chi connectivity index (χ2v) is 6.54. The molecule has 3 N–H and O–H groups in total. The van der Waals surface area contributed by atoms with Crippen molar-refractivity contribution in [1.82, 2.24) is 0 Å². The minimum Gasteiger partial charge on any atom is -0.508 e. The second kappa shape index (κ2) is 6.25. The molecule has 0 fully saturated rings. The molecule has 0 unspecified atom stereocenters. The van der Waals surface area contributed by atoms with Crippen LogP contribution in [-0.2, 0) is 25.2 Å². The Kier molecular flexibility index (Phi) is 4.13. The fourth-order valence-corrected chi connectivity index (χ4v) is 3.64. The maximum atomic E-state index is 12.5. The zero-order chi connectivity index (χ0) is 17.3. The van der Waals surface area contributed by atoms with Crippen molar-refractivity contribution in [2.75, 3.05) is 10.6 Å². The monoisotopic (exact) mass is 344 g/mol. The van der Waals surface area contributed by atoms with E-state index in [9.17, 15) is 23.7 Å². The van der Waals surface area contributed by atoms with Crippen molar-refractivity contribution in [2.24, 2.45) is 0 Å². The Labute approximate surface area is 139 Å². The molecule has 2 amide bonds. The number of hydrogen-bond acceptors (Lipinski definition) is 5. The van der Waals surface area contributed by atoms with Gasteiger partial charge in [0, 0.05) is 11.8 Å². The third-order valence-electron chi connectivity index (χ3n) is 3.38. The summed E-state index contributed by atoms with van der Waals surface area (Å²) in [6.45, 7) is 0. The number of hydrogen-bond donors (Lipinski definition) is 3. The van der Waals surface area contributed by atoms with Crippen LogP contribution >= 0.6 is 0 Å². The molecule has 3 rings (SSSR count). The molecule has 1 aliphatic heterocycles. The van der Waals surface area contributed by atoms with Crippen LogP contribution in [0.15, 0.2) is 53.4 Å². The average Bonchev–Trinajstić information content (AvgIpc) is 2.54. The first-order chi connectivity index (χ1) is 11.5. The highest BCUT2D eigenvalue weighted by Crippen LogP contribution is 2.27. The van der Waals surface area contributed by atoms with Gasteiger partial charge in [-0.05, 0) is 24.3 Å². The van der Waals surface area contributed by atoms with Gasteiger partial charge >= 0.3 is 0 Å². The molecule has 8 heteroatoms. The van der Waals surface area contributed by atoms with Crippen LogP contribution in [0, 0.1) is 0 Å². The van der Waals surface area contributed by atoms with Gasteiger partial charge in [0.25, 0.3) is 5.91 Å². The molecule has 0 aliphatic carbocycles. The van der Waals surface area contributed by atoms with Gasteiger partial charge in [-0.2, -0.15) is 0 Å². The number of fused-ring (bicyclic) bond motifs is 1. The minimum absolute atomic E-state index is 0.0897. The van der Waals surface area contributed by atoms with E-state index < -0.39 is 33.6 Å². The summed E-state index contributed by atoms with van der Waals surface area (Å²) in [5.74, 6) is -3.06. The normalized spacial score (nSPS) is 19.1. The van der Waals surface area contributed by atoms with Gasteiger partial charge in [-0.3, -0.25) is 18.6 Å². The second-order valence-electron chi connectivity index (χ2n) is 5.03. The Morgan fingerprint density at radius 3 is 2.62 bits per heavy atom. The zero-order valence-electron chi connectivity index (χ0n) is 12.2. The Hall–Kier alpha value is -3.00. The van der Waals surface area contributed by atoms with Gasteiger partial charge in [0.15, 0.2) is 5.25 Å². The van der Waals surface area contributed by atoms with Gasteiger partial charge in [-0.15, -0.1) is 0 Å². The summed E-state index contributed by atoms with van der Waals surface area (Å²) in [5.41, 5.74) is 0.550. The highest BCUT2D eigenvalue weighted by atomic mass is 32.2. The van der Waals surface area contributed by atoms with E-state index in [1.165, 1.54) is 30.3 Å². The highest BCUT2D eigenvalue weighted by molar-refractivity contribution is 7.87. The first-order valence-corrected chi connectivity index (χ1v) is 8.13. The number of rotatable bonds is 3. The maximum Gasteiger partial charge on any atom is 0.293 e. The van der Waals surface area contributed by atoms with Crippen molar-refractivity contribution in [1.29, 1.82) is 0 Å². The van der Waals surface area contributed by atoms with Gasteiger partial charge in [0.05, 0.1) is 21.4 Å². The number of carbonyl (C=O) groups excluding carboxylic acids is 3. The van der Waals surface area contributed by atoms with Crippen LogP contribution in [0.4, 0.5) is 11.4 Å². The number of para-hydroxylation sites is 1. The predicted molar refractivity (Wildman–Crippen MR) is 87.0 cm³/mol. The van der Waals surface area contributed by atoms with Crippen molar-refractivity contribution in [3.63, 3.8) is 0 Å². The third-order valence-corrected chi connectivity index (χ3v) is 5.03. The molecule has 0 aromatic heterocycles. The van der Waals surface area contributed by atoms with Crippen molar-refractivity contribution >= 4 is 39.8 Å². The minimum atomic E-state index is -1.97. The summed E-state index contributed by atoms with van der Waals surface area (Å²) in [5, 5.41) is 12.5. The smallest absolute Gasteiger partial charge is 0.293 e. The molecular formula is C16H12N2O5S. The number of ketones is 1. The molecule has 2 aromatic carbocycles. The zero-order valence-corrected chi connectivity index (χ0v) is 13.0. The van der Waals surface area contributed by atoms with E-state index in [-0.39, 0.29) is 11.4 Å². The quantitative estimate of drug-likeness (QED) is 0.569. The summed E-state index contributed by atoms with van der Waals surface area (Å²) in [6.07, 6.45) is 0. The van der Waals surface area contributed by atoms with Crippen molar-refractivity contribution < 1.29 is 23.7 Å². The average molecular weight is 344 g/mol. The molecule has 0 radical (unpaired) electrons. The van der Waals surface area contributed by atoms with Gasteiger partial charge < -0.3 is 15.7 Å². The summed E-state index contributed by atoms with van der Waals surface area (Å²) in [7, 11) is -1.97. The number of benzene rings is 2. The van der Waals surface area contributed by atoms with E-state index in [4.69, 9.17) is 0 Å². The first-order valence-electron chi connectivity index (χ1n) is 6.92. The van der Waals surface area contributed by atoms with Crippen LogP contribution in [0.2, 0.25) is 0 Å². The van der Waals surface area contributed by atoms with Crippen molar-refractivity contribution in [3.8, 4) is 5.75 Å². The van der Waals surface area contributed by atoms with Crippen LogP contribution in [0.3, 0.4) is 0 Å². The van der Waals surface area contributed by atoms with E-state index in [2.05, 4.69) is 10.6 Å². The van der Waals surface area contributed by atoms with Crippen molar-refractivity contribution in [3.05, 3.63) is 48.5 Å². The predicted octanol–water partition coefficient (Wildman–Crippen LogP) is 1.03. The molecule has 0 spiro atoms. The fourth-order valence-electron chi connectivity index (χ4n) is 2.28. The van der Waals surface area contributed by atoms with Gasteiger partial charge in [0.1, 0.15) is 5.75 Å². The van der Waals surface area contributed by atoms with Gasteiger partial charge in [-0.1, -0.05) is 18.2 Å². The molecule has 24 heavy (non-hydrogen) atoms. The van der Waals surface area contributed by atoms with Crippen LogP contribution in [0.5, 0.6) is 5.75 Å². The molecule has 7 nitrogen and oxygen atoms in total. The largest absolute Gasteiger partial charge is 0.508 e. The Morgan fingerprint density at radius 1 is 1.12 bits per heavy atom. The molecule has 2 aromatic rings. The topological polar surface area (TPSA) is 113 Å². The Balaban J connectivity index is 1.83. The van der Waals surface area contributed by atoms with E-state index in [0.717, 1.165) is 0 Å². The lowest BCUT2D eigenvalue weighted by Crippen LogP contribution is -2.46. The summed E-state index contributed by atoms with van der Waals surface area (Å²) >= 11 is 0. The lowest BCUT2D eigenvalue weighted by molar-refractivity contribution is -0.136. The van der Waals surface area contributed by atoms with Crippen LogP contribution in [0.1, 0.15) is 0 Å². The maximum absolute atomic E-state index is 12.5. The molecule has 1 heterocycles. The van der Waals surface area contributed by atoms with E-state index in [0.29, 0.717) is 10.6 Å². The number of amides is 2. The number of phenolic OH excluding ortho intramolecular Hbond substituents is 1. The number of aromatic hydroxyl groups is 1. The Morgan fingerprint density at radius 2 is 1.88 bits per heavy atom. The van der Waals surface area contributed by atoms with Crippen LogP contribution in [-0.4, -0.2) is 32.2 Å². The standard InChI is InChI=1S/C16H12N2O5S/c19-10-5-3-4-9(8-10)17-15(21)13(20)14-16(22)18-11-6-1-2-7-12(11)24(14)23/h1-8,14,19H,(H,17,21)(H,18,22)/t14-,24-/m0/s1. The van der Waals surface area contributed by atoms with Crippen LogP contribution in [0.25, 0.3) is 0 Å². The van der Waals surface area contributed by atoms with E-state index >= 15 is 0 Å². The molecule has 0 saturated carbocycles. The molecule has 1 aliphatic rings. The third kappa shape index (κ3) is 2.91. The SMILES string of the molecule is O=C(Nc1cccc(O)c1)C(=O)[C@H]1C(=O)Nc2ccccc2[S@@]1=O. The molecule has 0 saturated heterocycles. The highest BCUT2D eigenvalue weighted by Gasteiger charge is 2.41. The summed E-state index contributed by atoms with van der Waals surface area (Å²) < 4.78 is 12.5. The number of phenols is 1. The van der Waals surface area contributed by atoms with E-state index in [1.807, 2.05) is 0 Å². The molecule has 0 bridgehead atoms. The number of nitrogens with one attached hydrogen (secondary N) is 2. The first kappa shape index (κ1) is 15.9. The lowest BCUT2D eigenvalue weighted by atomic mass is 10.2. The van der Waals surface area contributed by atoms with Gasteiger partial charge in [-0.25, -0.2) is 0 Å². The number of anilines is 2. The fraction of sp³-hybridized carbons (Fsp3) is 0.0625. The molecule has 2 atom stereocenters. The lowest BCUT2D eigenvalue weighted by Gasteiger charge is -2.22. The van der Waals surface area contributed by atoms with Gasteiger partial charge in [0.2, 0.25) is 11.7 Å². The number of carbonyl (C=O) groups is 3. The van der Waals surface area contributed by atoms with E-state index in [1.54, 1.807) is 18.2 Å². The molecule has 122 valence electrons. The summed E-state index contributed by atoms with van der Waals surface area (Å²) in [6, 6.07) is 12.0. The number of Topliss-reactive ketones (excluding diaryl/α,β-unsaturated/α-hetero) is 1.